The van der Waals surface area contributed by atoms with Crippen molar-refractivity contribution in [3.05, 3.63) is 30.3 Å². The Hall–Kier alpha value is -1.59. The first-order valence-electron chi connectivity index (χ1n) is 9.40. The maximum absolute atomic E-state index is 12.3. The largest absolute Gasteiger partial charge is 0.375 e. The summed E-state index contributed by atoms with van der Waals surface area (Å²) in [6.07, 6.45) is 3.91. The van der Waals surface area contributed by atoms with Crippen LogP contribution in [0.25, 0.3) is 0 Å². The van der Waals surface area contributed by atoms with Crippen LogP contribution in [-0.2, 0) is 14.3 Å². The Morgan fingerprint density at radius 2 is 2.04 bits per heavy atom. The zero-order valence-corrected chi connectivity index (χ0v) is 15.4. The number of para-hydroxylation sites is 1. The van der Waals surface area contributed by atoms with E-state index in [1.165, 1.54) is 5.69 Å². The molecule has 0 saturated carbocycles. The second kappa shape index (κ2) is 8.19. The summed E-state index contributed by atoms with van der Waals surface area (Å²) in [4.78, 5) is 16.8. The standard InChI is InChI=1S/C20H30N2O3/c1-3-22(19(23)16-24-2)18-9-14-25-20(15-18)10-12-21(13-11-20)17-7-5-4-6-8-17/h4-8,18H,3,9-16H2,1-2H3. The average Bonchev–Trinajstić information content (AvgIpc) is 2.64. The number of hydrogen-bond donors (Lipinski definition) is 0. The molecule has 5 nitrogen and oxygen atoms in total. The summed E-state index contributed by atoms with van der Waals surface area (Å²) in [6, 6.07) is 10.8. The van der Waals surface area contributed by atoms with Crippen molar-refractivity contribution >= 4 is 11.6 Å². The maximum atomic E-state index is 12.3. The highest BCUT2D eigenvalue weighted by atomic mass is 16.5. The molecule has 2 aliphatic heterocycles. The summed E-state index contributed by atoms with van der Waals surface area (Å²) in [6.45, 7) is 5.71. The Balaban J connectivity index is 1.62. The molecule has 1 spiro atoms. The molecule has 1 unspecified atom stereocenters. The smallest absolute Gasteiger partial charge is 0.248 e. The molecule has 0 aliphatic carbocycles. The fourth-order valence-corrected chi connectivity index (χ4v) is 4.27. The first-order valence-corrected chi connectivity index (χ1v) is 9.40. The van der Waals surface area contributed by atoms with Crippen LogP contribution in [0.15, 0.2) is 30.3 Å². The lowest BCUT2D eigenvalue weighted by atomic mass is 9.81. The summed E-state index contributed by atoms with van der Waals surface area (Å²) in [5.41, 5.74) is 1.21. The Labute approximate surface area is 150 Å². The van der Waals surface area contributed by atoms with Gasteiger partial charge in [-0.05, 0) is 44.7 Å². The van der Waals surface area contributed by atoms with Gasteiger partial charge in [0.05, 0.1) is 5.60 Å². The van der Waals surface area contributed by atoms with Crippen molar-refractivity contribution in [3.8, 4) is 0 Å². The van der Waals surface area contributed by atoms with E-state index in [-0.39, 0.29) is 24.2 Å². The molecule has 2 saturated heterocycles. The fourth-order valence-electron chi connectivity index (χ4n) is 4.27. The minimum Gasteiger partial charge on any atom is -0.375 e. The molecule has 0 radical (unpaired) electrons. The average molecular weight is 346 g/mol. The highest BCUT2D eigenvalue weighted by molar-refractivity contribution is 5.77. The summed E-state index contributed by atoms with van der Waals surface area (Å²) >= 11 is 0. The van der Waals surface area contributed by atoms with Gasteiger partial charge in [0.25, 0.3) is 0 Å². The summed E-state index contributed by atoms with van der Waals surface area (Å²) < 4.78 is 11.3. The number of hydrogen-bond acceptors (Lipinski definition) is 4. The Kier molecular flexibility index (Phi) is 5.97. The molecule has 138 valence electrons. The lowest BCUT2D eigenvalue weighted by Gasteiger charge is -2.48. The van der Waals surface area contributed by atoms with Crippen molar-refractivity contribution in [2.75, 3.05) is 44.9 Å². The van der Waals surface area contributed by atoms with Gasteiger partial charge in [-0.3, -0.25) is 4.79 Å². The minimum atomic E-state index is -0.0744. The second-order valence-electron chi connectivity index (χ2n) is 7.11. The van der Waals surface area contributed by atoms with Crippen LogP contribution in [0, 0.1) is 0 Å². The van der Waals surface area contributed by atoms with Crippen molar-refractivity contribution in [2.45, 2.75) is 44.2 Å². The third kappa shape index (κ3) is 4.15. The molecular weight excluding hydrogens is 316 g/mol. The number of ether oxygens (including phenoxy) is 2. The lowest BCUT2D eigenvalue weighted by Crippen LogP contribution is -2.55. The van der Waals surface area contributed by atoms with Gasteiger partial charge in [0.1, 0.15) is 6.61 Å². The molecule has 25 heavy (non-hydrogen) atoms. The van der Waals surface area contributed by atoms with Crippen LogP contribution in [0.5, 0.6) is 0 Å². The Bertz CT molecular complexity index is 555. The van der Waals surface area contributed by atoms with E-state index in [0.29, 0.717) is 0 Å². The first-order chi connectivity index (χ1) is 12.2. The molecule has 1 amide bonds. The van der Waals surface area contributed by atoms with E-state index < -0.39 is 0 Å². The number of benzene rings is 1. The van der Waals surface area contributed by atoms with Crippen molar-refractivity contribution in [3.63, 3.8) is 0 Å². The molecule has 2 heterocycles. The van der Waals surface area contributed by atoms with E-state index in [1.54, 1.807) is 7.11 Å². The number of carbonyl (C=O) groups is 1. The Morgan fingerprint density at radius 3 is 2.68 bits per heavy atom. The molecular formula is C20H30N2O3. The molecule has 0 bridgehead atoms. The van der Waals surface area contributed by atoms with E-state index in [0.717, 1.165) is 51.9 Å². The van der Waals surface area contributed by atoms with Crippen LogP contribution in [0.2, 0.25) is 0 Å². The number of anilines is 1. The van der Waals surface area contributed by atoms with E-state index in [4.69, 9.17) is 9.47 Å². The van der Waals surface area contributed by atoms with Crippen LogP contribution < -0.4 is 4.90 Å². The molecule has 0 aromatic heterocycles. The molecule has 5 heteroatoms. The first kappa shape index (κ1) is 18.2. The topological polar surface area (TPSA) is 42.0 Å². The van der Waals surface area contributed by atoms with Crippen molar-refractivity contribution in [2.24, 2.45) is 0 Å². The highest BCUT2D eigenvalue weighted by Crippen LogP contribution is 2.37. The number of amides is 1. The van der Waals surface area contributed by atoms with E-state index in [1.807, 2.05) is 11.8 Å². The van der Waals surface area contributed by atoms with Gasteiger partial charge in [-0.1, -0.05) is 18.2 Å². The Morgan fingerprint density at radius 1 is 1.32 bits per heavy atom. The maximum Gasteiger partial charge on any atom is 0.248 e. The number of likely N-dealkylation sites (N-methyl/N-ethyl adjacent to an activating group) is 1. The predicted molar refractivity (Wildman–Crippen MR) is 98.9 cm³/mol. The van der Waals surface area contributed by atoms with Gasteiger partial charge < -0.3 is 19.3 Å². The van der Waals surface area contributed by atoms with Crippen LogP contribution in [0.1, 0.15) is 32.6 Å². The van der Waals surface area contributed by atoms with Gasteiger partial charge in [-0.25, -0.2) is 0 Å². The molecule has 1 aromatic rings. The van der Waals surface area contributed by atoms with Gasteiger partial charge in [-0.15, -0.1) is 0 Å². The third-order valence-corrected chi connectivity index (χ3v) is 5.63. The summed E-state index contributed by atoms with van der Waals surface area (Å²) in [5.74, 6) is 0.0915. The summed E-state index contributed by atoms with van der Waals surface area (Å²) in [5, 5.41) is 0. The number of piperidine rings is 1. The minimum absolute atomic E-state index is 0.0744. The van der Waals surface area contributed by atoms with Gasteiger partial charge in [0.15, 0.2) is 0 Å². The zero-order chi connectivity index (χ0) is 17.7. The van der Waals surface area contributed by atoms with Crippen LogP contribution in [0.3, 0.4) is 0 Å². The van der Waals surface area contributed by atoms with Crippen molar-refractivity contribution in [1.29, 1.82) is 0 Å². The third-order valence-electron chi connectivity index (χ3n) is 5.63. The number of nitrogens with zero attached hydrogens (tertiary/aromatic N) is 2. The lowest BCUT2D eigenvalue weighted by molar-refractivity contribution is -0.148. The van der Waals surface area contributed by atoms with E-state index >= 15 is 0 Å². The fraction of sp³-hybridized carbons (Fsp3) is 0.650. The van der Waals surface area contributed by atoms with Crippen LogP contribution in [0.4, 0.5) is 5.69 Å². The van der Waals surface area contributed by atoms with Gasteiger partial charge in [0, 0.05) is 45.1 Å². The number of rotatable bonds is 5. The van der Waals surface area contributed by atoms with Gasteiger partial charge in [-0.2, -0.15) is 0 Å². The SMILES string of the molecule is CCN(C(=O)COC)C1CCOC2(CCN(c3ccccc3)CC2)C1. The molecule has 0 N–H and O–H groups in total. The monoisotopic (exact) mass is 346 g/mol. The molecule has 1 atom stereocenters. The van der Waals surface area contributed by atoms with E-state index in [9.17, 15) is 4.79 Å². The van der Waals surface area contributed by atoms with Crippen LogP contribution in [-0.4, -0.2) is 62.4 Å². The van der Waals surface area contributed by atoms with Gasteiger partial charge >= 0.3 is 0 Å². The molecule has 2 fully saturated rings. The van der Waals surface area contributed by atoms with Crippen LogP contribution >= 0.6 is 0 Å². The highest BCUT2D eigenvalue weighted by Gasteiger charge is 2.42. The predicted octanol–water partition coefficient (Wildman–Crippen LogP) is 2.70. The molecule has 1 aromatic carbocycles. The molecule has 2 aliphatic rings. The quantitative estimate of drug-likeness (QED) is 0.822. The number of methoxy groups -OCH3 is 1. The molecule has 3 rings (SSSR count). The normalized spacial score (nSPS) is 22.8. The zero-order valence-electron chi connectivity index (χ0n) is 15.4. The van der Waals surface area contributed by atoms with E-state index in [2.05, 4.69) is 35.2 Å². The van der Waals surface area contributed by atoms with Crippen molar-refractivity contribution in [1.82, 2.24) is 4.90 Å². The van der Waals surface area contributed by atoms with Crippen molar-refractivity contribution < 1.29 is 14.3 Å². The van der Waals surface area contributed by atoms with Gasteiger partial charge in [0.2, 0.25) is 5.91 Å². The summed E-state index contributed by atoms with van der Waals surface area (Å²) in [7, 11) is 1.58. The second-order valence-corrected chi connectivity index (χ2v) is 7.11. The number of carbonyl (C=O) groups excluding carboxylic acids is 1.